The van der Waals surface area contributed by atoms with E-state index in [1.807, 2.05) is 13.8 Å². The zero-order chi connectivity index (χ0) is 23.9. The van der Waals surface area contributed by atoms with Crippen LogP contribution in [0.3, 0.4) is 0 Å². The second kappa shape index (κ2) is 15.1. The van der Waals surface area contributed by atoms with E-state index in [2.05, 4.69) is 13.8 Å². The summed E-state index contributed by atoms with van der Waals surface area (Å²) in [7, 11) is -8.04. The monoisotopic (exact) mass is 474 g/mol. The van der Waals surface area contributed by atoms with Gasteiger partial charge in [0, 0.05) is 13.2 Å². The van der Waals surface area contributed by atoms with Gasteiger partial charge in [0.1, 0.15) is 0 Å². The minimum absolute atomic E-state index is 0.0666. The Hall–Kier alpha value is -1.78. The summed E-state index contributed by atoms with van der Waals surface area (Å²) in [5.74, 6) is 0. The molecule has 0 aromatic heterocycles. The van der Waals surface area contributed by atoms with E-state index < -0.39 is 20.2 Å². The fraction of sp³-hybridized carbons (Fsp3) is 0.455. The zero-order valence-electron chi connectivity index (χ0n) is 18.6. The van der Waals surface area contributed by atoms with Gasteiger partial charge in [-0.1, -0.05) is 62.1 Å². The van der Waals surface area contributed by atoms with Gasteiger partial charge in [0.2, 0.25) is 0 Å². The molecule has 0 bridgehead atoms. The largest absolute Gasteiger partial charge is 0.381 e. The summed E-state index contributed by atoms with van der Waals surface area (Å²) < 4.78 is 64.4. The first-order valence-electron chi connectivity index (χ1n) is 10.1. The Labute approximate surface area is 187 Å². The highest BCUT2D eigenvalue weighted by Crippen LogP contribution is 2.09. The van der Waals surface area contributed by atoms with Crippen molar-refractivity contribution in [2.75, 3.05) is 13.2 Å². The standard InChI is InChI=1S/C8H18O.2C7H8O3S/c1-3-5-7-9-8-6-4-2;2*1-6-2-4-7(5-3-6)11(8,9)10/h3-8H2,1-2H3;2*2-5H,1H3,(H,8,9,10). The molecule has 0 radical (unpaired) electrons. The van der Waals surface area contributed by atoms with Gasteiger partial charge in [-0.2, -0.15) is 16.8 Å². The Balaban J connectivity index is 0.000000439. The average Bonchev–Trinajstić information content (AvgIpc) is 2.68. The Morgan fingerprint density at radius 3 is 1.16 bits per heavy atom. The van der Waals surface area contributed by atoms with Gasteiger partial charge in [-0.3, -0.25) is 9.11 Å². The molecule has 0 fully saturated rings. The van der Waals surface area contributed by atoms with Crippen LogP contribution in [0.1, 0.15) is 50.7 Å². The van der Waals surface area contributed by atoms with Gasteiger partial charge in [0.15, 0.2) is 0 Å². The van der Waals surface area contributed by atoms with Crippen LogP contribution in [0.4, 0.5) is 0 Å². The molecule has 0 atom stereocenters. The molecule has 0 aliphatic heterocycles. The predicted octanol–water partition coefficient (Wildman–Crippen LogP) is 5.09. The lowest BCUT2D eigenvalue weighted by Crippen LogP contribution is -1.96. The third kappa shape index (κ3) is 14.8. The maximum atomic E-state index is 10.5. The Bertz CT molecular complexity index is 855. The summed E-state index contributed by atoms with van der Waals surface area (Å²) in [6, 6.07) is 12.0. The summed E-state index contributed by atoms with van der Waals surface area (Å²) >= 11 is 0. The highest BCUT2D eigenvalue weighted by molar-refractivity contribution is 7.86. The van der Waals surface area contributed by atoms with E-state index >= 15 is 0 Å². The average molecular weight is 475 g/mol. The molecular weight excluding hydrogens is 440 g/mol. The quantitative estimate of drug-likeness (QED) is 0.404. The maximum Gasteiger partial charge on any atom is 0.294 e. The minimum atomic E-state index is -4.02. The van der Waals surface area contributed by atoms with Crippen LogP contribution >= 0.6 is 0 Å². The van der Waals surface area contributed by atoms with Crippen LogP contribution in [0.5, 0.6) is 0 Å². The molecule has 31 heavy (non-hydrogen) atoms. The summed E-state index contributed by atoms with van der Waals surface area (Å²) in [4.78, 5) is -0.133. The second-order valence-electron chi connectivity index (χ2n) is 6.90. The van der Waals surface area contributed by atoms with Crippen molar-refractivity contribution in [3.05, 3.63) is 59.7 Å². The predicted molar refractivity (Wildman–Crippen MR) is 123 cm³/mol. The fourth-order valence-electron chi connectivity index (χ4n) is 2.02. The third-order valence-electron chi connectivity index (χ3n) is 3.92. The first-order chi connectivity index (χ1) is 14.4. The first kappa shape index (κ1) is 29.2. The SMILES string of the molecule is CCCCOCCCC.Cc1ccc(S(=O)(=O)O)cc1.Cc1ccc(S(=O)(=O)O)cc1. The summed E-state index contributed by atoms with van der Waals surface area (Å²) in [5.41, 5.74) is 1.91. The van der Waals surface area contributed by atoms with Crippen LogP contribution < -0.4 is 0 Å². The van der Waals surface area contributed by atoms with E-state index in [1.165, 1.54) is 49.9 Å². The van der Waals surface area contributed by atoms with E-state index in [1.54, 1.807) is 24.3 Å². The molecule has 0 saturated heterocycles. The number of aryl methyl sites for hydroxylation is 2. The molecule has 176 valence electrons. The van der Waals surface area contributed by atoms with Gasteiger partial charge in [-0.25, -0.2) is 0 Å². The van der Waals surface area contributed by atoms with Crippen molar-refractivity contribution in [3.63, 3.8) is 0 Å². The van der Waals surface area contributed by atoms with Crippen LogP contribution in [-0.4, -0.2) is 39.2 Å². The number of hydrogen-bond acceptors (Lipinski definition) is 5. The molecule has 0 heterocycles. The molecule has 2 N–H and O–H groups in total. The van der Waals surface area contributed by atoms with Crippen LogP contribution in [-0.2, 0) is 25.0 Å². The molecule has 0 aliphatic rings. The Kier molecular flexibility index (Phi) is 14.2. The van der Waals surface area contributed by atoms with Crippen molar-refractivity contribution in [1.82, 2.24) is 0 Å². The molecule has 0 spiro atoms. The Morgan fingerprint density at radius 1 is 0.645 bits per heavy atom. The normalized spacial score (nSPS) is 11.0. The molecule has 9 heteroatoms. The van der Waals surface area contributed by atoms with E-state index in [9.17, 15) is 16.8 Å². The molecule has 0 aliphatic carbocycles. The highest BCUT2D eigenvalue weighted by Gasteiger charge is 2.07. The van der Waals surface area contributed by atoms with Gasteiger partial charge < -0.3 is 4.74 Å². The lowest BCUT2D eigenvalue weighted by molar-refractivity contribution is 0.128. The van der Waals surface area contributed by atoms with Crippen molar-refractivity contribution in [1.29, 1.82) is 0 Å². The second-order valence-corrected chi connectivity index (χ2v) is 9.74. The molecule has 2 aromatic carbocycles. The number of hydrogen-bond donors (Lipinski definition) is 2. The molecule has 2 rings (SSSR count). The van der Waals surface area contributed by atoms with Gasteiger partial charge in [-0.15, -0.1) is 0 Å². The maximum absolute atomic E-state index is 10.5. The van der Waals surface area contributed by atoms with E-state index in [0.29, 0.717) is 0 Å². The first-order valence-corrected chi connectivity index (χ1v) is 13.0. The zero-order valence-corrected chi connectivity index (χ0v) is 20.2. The summed E-state index contributed by atoms with van der Waals surface area (Å²) in [6.07, 6.45) is 4.91. The third-order valence-corrected chi connectivity index (χ3v) is 5.66. The molecule has 0 saturated carbocycles. The molecular formula is C22H34O7S2. The number of unbranched alkanes of at least 4 members (excludes halogenated alkanes) is 2. The van der Waals surface area contributed by atoms with Crippen molar-refractivity contribution in [2.45, 2.75) is 63.2 Å². The smallest absolute Gasteiger partial charge is 0.294 e. The molecule has 2 aromatic rings. The van der Waals surface area contributed by atoms with E-state index in [4.69, 9.17) is 13.8 Å². The van der Waals surface area contributed by atoms with Gasteiger partial charge in [0.05, 0.1) is 9.79 Å². The van der Waals surface area contributed by atoms with E-state index in [-0.39, 0.29) is 9.79 Å². The van der Waals surface area contributed by atoms with Crippen molar-refractivity contribution >= 4 is 20.2 Å². The molecule has 7 nitrogen and oxygen atoms in total. The highest BCUT2D eigenvalue weighted by atomic mass is 32.2. The lowest BCUT2D eigenvalue weighted by Gasteiger charge is -1.99. The number of benzene rings is 2. The van der Waals surface area contributed by atoms with Crippen LogP contribution in [0.25, 0.3) is 0 Å². The number of rotatable bonds is 8. The summed E-state index contributed by atoms with van der Waals surface area (Å²) in [5, 5.41) is 0. The Morgan fingerprint density at radius 2 is 0.935 bits per heavy atom. The number of ether oxygens (including phenoxy) is 1. The van der Waals surface area contributed by atoms with Gasteiger partial charge in [-0.05, 0) is 51.0 Å². The minimum Gasteiger partial charge on any atom is -0.381 e. The van der Waals surface area contributed by atoms with Crippen LogP contribution in [0, 0.1) is 13.8 Å². The molecule has 0 unspecified atom stereocenters. The van der Waals surface area contributed by atoms with Crippen LogP contribution in [0.2, 0.25) is 0 Å². The van der Waals surface area contributed by atoms with Crippen LogP contribution in [0.15, 0.2) is 58.3 Å². The lowest BCUT2D eigenvalue weighted by atomic mass is 10.2. The summed E-state index contributed by atoms with van der Waals surface area (Å²) in [6.45, 7) is 9.96. The van der Waals surface area contributed by atoms with Crippen molar-refractivity contribution in [3.8, 4) is 0 Å². The molecule has 0 amide bonds. The topological polar surface area (TPSA) is 118 Å². The van der Waals surface area contributed by atoms with Gasteiger partial charge in [0.25, 0.3) is 20.2 Å². The van der Waals surface area contributed by atoms with Gasteiger partial charge >= 0.3 is 0 Å². The van der Waals surface area contributed by atoms with Crippen molar-refractivity contribution < 1.29 is 30.7 Å². The van der Waals surface area contributed by atoms with E-state index in [0.717, 1.165) is 24.3 Å². The fourth-order valence-corrected chi connectivity index (χ4v) is 2.98. The van der Waals surface area contributed by atoms with Crippen molar-refractivity contribution in [2.24, 2.45) is 0 Å².